The molecule has 74 valence electrons. The van der Waals surface area contributed by atoms with Crippen LogP contribution < -0.4 is 5.32 Å². The van der Waals surface area contributed by atoms with Crippen LogP contribution in [0.15, 0.2) is 18.2 Å². The third-order valence-electron chi connectivity index (χ3n) is 1.49. The summed E-state index contributed by atoms with van der Waals surface area (Å²) in [7, 11) is 0. The third-order valence-corrected chi connectivity index (χ3v) is 1.82. The molecule has 0 radical (unpaired) electrons. The molecule has 0 unspecified atom stereocenters. The summed E-state index contributed by atoms with van der Waals surface area (Å²) in [6.07, 6.45) is 0. The van der Waals surface area contributed by atoms with E-state index in [1.165, 1.54) is 5.56 Å². The van der Waals surface area contributed by atoms with Crippen molar-refractivity contribution in [3.05, 3.63) is 28.8 Å². The highest BCUT2D eigenvalue weighted by atomic mass is 35.5. The molecule has 0 amide bonds. The van der Waals surface area contributed by atoms with Gasteiger partial charge in [-0.3, -0.25) is 0 Å². The maximum absolute atomic E-state index is 5.91. The zero-order valence-corrected chi connectivity index (χ0v) is 9.57. The molecule has 0 spiro atoms. The van der Waals surface area contributed by atoms with E-state index in [2.05, 4.69) is 19.2 Å². The topological polar surface area (TPSA) is 12.0 Å². The van der Waals surface area contributed by atoms with Crippen LogP contribution in [0, 0.1) is 6.92 Å². The summed E-state index contributed by atoms with van der Waals surface area (Å²) in [6, 6.07) is 5.96. The number of hydrogen-bond acceptors (Lipinski definition) is 1. The molecule has 0 saturated carbocycles. The maximum atomic E-state index is 5.91. The van der Waals surface area contributed by atoms with E-state index in [-0.39, 0.29) is 0 Å². The Morgan fingerprint density at radius 2 is 1.92 bits per heavy atom. The summed E-state index contributed by atoms with van der Waals surface area (Å²) < 4.78 is 0. The van der Waals surface area contributed by atoms with Crippen molar-refractivity contribution >= 4 is 17.3 Å². The Balaban J connectivity index is 0.000000671. The first-order valence-electron chi connectivity index (χ1n) is 4.74. The highest BCUT2D eigenvalue weighted by Crippen LogP contribution is 2.22. The standard InChI is InChI=1S/C9H12ClN.C2H6/c1-3-11-9-6-7(2)4-5-8(9)10;1-2/h4-6,11H,3H2,1-2H3;1-2H3. The van der Waals surface area contributed by atoms with E-state index >= 15 is 0 Å². The lowest BCUT2D eigenvalue weighted by molar-refractivity contribution is 1.21. The summed E-state index contributed by atoms with van der Waals surface area (Å²) in [5, 5.41) is 3.97. The number of halogens is 1. The summed E-state index contributed by atoms with van der Waals surface area (Å²) >= 11 is 5.91. The van der Waals surface area contributed by atoms with Crippen molar-refractivity contribution in [3.63, 3.8) is 0 Å². The zero-order valence-electron chi connectivity index (χ0n) is 8.82. The Morgan fingerprint density at radius 1 is 1.31 bits per heavy atom. The molecule has 0 bridgehead atoms. The fourth-order valence-corrected chi connectivity index (χ4v) is 1.15. The van der Waals surface area contributed by atoms with Crippen LogP contribution in [0.1, 0.15) is 26.3 Å². The van der Waals surface area contributed by atoms with Crippen LogP contribution in [-0.2, 0) is 0 Å². The average Bonchev–Trinajstić information content (AvgIpc) is 2.15. The number of anilines is 1. The Kier molecular flexibility index (Phi) is 6.43. The van der Waals surface area contributed by atoms with Crippen molar-refractivity contribution in [2.75, 3.05) is 11.9 Å². The minimum absolute atomic E-state index is 0.789. The smallest absolute Gasteiger partial charge is 0.0637 e. The fraction of sp³-hybridized carbons (Fsp3) is 0.455. The van der Waals surface area contributed by atoms with Gasteiger partial charge in [0.25, 0.3) is 0 Å². The van der Waals surface area contributed by atoms with Gasteiger partial charge in [0, 0.05) is 6.54 Å². The van der Waals surface area contributed by atoms with E-state index in [0.29, 0.717) is 0 Å². The molecule has 13 heavy (non-hydrogen) atoms. The van der Waals surface area contributed by atoms with Crippen LogP contribution in [0.2, 0.25) is 5.02 Å². The Morgan fingerprint density at radius 3 is 2.46 bits per heavy atom. The molecule has 1 rings (SSSR count). The van der Waals surface area contributed by atoms with Gasteiger partial charge in [0.2, 0.25) is 0 Å². The first-order valence-corrected chi connectivity index (χ1v) is 5.12. The number of benzene rings is 1. The third kappa shape index (κ3) is 4.18. The Bertz CT molecular complexity index is 246. The zero-order chi connectivity index (χ0) is 10.3. The van der Waals surface area contributed by atoms with Gasteiger partial charge < -0.3 is 5.32 Å². The molecule has 1 aromatic rings. The maximum Gasteiger partial charge on any atom is 0.0637 e. The van der Waals surface area contributed by atoms with E-state index < -0.39 is 0 Å². The molecular weight excluding hydrogens is 182 g/mol. The normalized spacial score (nSPS) is 8.69. The average molecular weight is 200 g/mol. The van der Waals surface area contributed by atoms with Crippen molar-refractivity contribution in [1.29, 1.82) is 0 Å². The second kappa shape index (κ2) is 6.79. The van der Waals surface area contributed by atoms with E-state index in [0.717, 1.165) is 17.3 Å². The summed E-state index contributed by atoms with van der Waals surface area (Å²) in [5.41, 5.74) is 2.25. The number of hydrogen-bond donors (Lipinski definition) is 1. The van der Waals surface area contributed by atoms with Crippen molar-refractivity contribution < 1.29 is 0 Å². The highest BCUT2D eigenvalue weighted by Gasteiger charge is 1.96. The van der Waals surface area contributed by atoms with Crippen molar-refractivity contribution in [1.82, 2.24) is 0 Å². The minimum atomic E-state index is 0.789. The largest absolute Gasteiger partial charge is 0.384 e. The summed E-state index contributed by atoms with van der Waals surface area (Å²) in [4.78, 5) is 0. The van der Waals surface area contributed by atoms with Gasteiger partial charge in [0.1, 0.15) is 0 Å². The highest BCUT2D eigenvalue weighted by molar-refractivity contribution is 6.33. The van der Waals surface area contributed by atoms with Crippen LogP contribution in [0.3, 0.4) is 0 Å². The number of nitrogens with one attached hydrogen (secondary N) is 1. The number of rotatable bonds is 2. The molecule has 0 atom stereocenters. The van der Waals surface area contributed by atoms with Gasteiger partial charge in [-0.2, -0.15) is 0 Å². The van der Waals surface area contributed by atoms with Crippen LogP contribution in [0.5, 0.6) is 0 Å². The SMILES string of the molecule is CC.CCNc1cc(C)ccc1Cl. The van der Waals surface area contributed by atoms with Crippen LogP contribution in [0.4, 0.5) is 5.69 Å². The molecule has 1 nitrogen and oxygen atoms in total. The van der Waals surface area contributed by atoms with Gasteiger partial charge in [-0.05, 0) is 31.5 Å². The number of aryl methyl sites for hydroxylation is 1. The molecule has 0 aliphatic carbocycles. The van der Waals surface area contributed by atoms with Gasteiger partial charge in [0.05, 0.1) is 10.7 Å². The molecule has 0 aliphatic rings. The lowest BCUT2D eigenvalue weighted by Gasteiger charge is -2.05. The predicted molar refractivity (Wildman–Crippen MR) is 61.7 cm³/mol. The van der Waals surface area contributed by atoms with Gasteiger partial charge in [-0.25, -0.2) is 0 Å². The van der Waals surface area contributed by atoms with Gasteiger partial charge >= 0.3 is 0 Å². The van der Waals surface area contributed by atoms with Crippen molar-refractivity contribution in [2.24, 2.45) is 0 Å². The van der Waals surface area contributed by atoms with Crippen LogP contribution >= 0.6 is 11.6 Å². The Hall–Kier alpha value is -0.690. The van der Waals surface area contributed by atoms with Crippen molar-refractivity contribution in [2.45, 2.75) is 27.7 Å². The second-order valence-electron chi connectivity index (χ2n) is 2.51. The van der Waals surface area contributed by atoms with E-state index in [4.69, 9.17) is 11.6 Å². The van der Waals surface area contributed by atoms with Crippen LogP contribution in [-0.4, -0.2) is 6.54 Å². The van der Waals surface area contributed by atoms with Gasteiger partial charge in [-0.15, -0.1) is 0 Å². The lowest BCUT2D eigenvalue weighted by Crippen LogP contribution is -1.96. The second-order valence-corrected chi connectivity index (χ2v) is 2.92. The summed E-state index contributed by atoms with van der Waals surface area (Å²) in [5.74, 6) is 0. The van der Waals surface area contributed by atoms with Gasteiger partial charge in [-0.1, -0.05) is 31.5 Å². The van der Waals surface area contributed by atoms with E-state index in [9.17, 15) is 0 Å². The molecule has 0 fully saturated rings. The first kappa shape index (κ1) is 12.3. The quantitative estimate of drug-likeness (QED) is 0.756. The molecule has 0 aliphatic heterocycles. The van der Waals surface area contributed by atoms with E-state index in [1.807, 2.05) is 32.0 Å². The molecule has 0 saturated heterocycles. The lowest BCUT2D eigenvalue weighted by atomic mass is 10.2. The first-order chi connectivity index (χ1) is 6.24. The molecule has 0 heterocycles. The molecule has 2 heteroatoms. The molecule has 1 aromatic carbocycles. The van der Waals surface area contributed by atoms with Crippen LogP contribution in [0.25, 0.3) is 0 Å². The molecular formula is C11H18ClN. The predicted octanol–water partition coefficient (Wildman–Crippen LogP) is 4.11. The van der Waals surface area contributed by atoms with Crippen molar-refractivity contribution in [3.8, 4) is 0 Å². The fourth-order valence-electron chi connectivity index (χ4n) is 0.965. The van der Waals surface area contributed by atoms with Gasteiger partial charge in [0.15, 0.2) is 0 Å². The Labute approximate surface area is 86.1 Å². The van der Waals surface area contributed by atoms with E-state index in [1.54, 1.807) is 0 Å². The monoisotopic (exact) mass is 199 g/mol. The molecule has 0 aromatic heterocycles. The minimum Gasteiger partial charge on any atom is -0.384 e. The summed E-state index contributed by atoms with van der Waals surface area (Å²) in [6.45, 7) is 9.01. The molecule has 1 N–H and O–H groups in total.